The van der Waals surface area contributed by atoms with Crippen LogP contribution < -0.4 is 5.32 Å². The molecule has 0 aromatic rings. The van der Waals surface area contributed by atoms with Crippen molar-refractivity contribution in [3.8, 4) is 0 Å². The van der Waals surface area contributed by atoms with Gasteiger partial charge in [0, 0.05) is 19.6 Å². The Labute approximate surface area is 176 Å². The average Bonchev–Trinajstić information content (AvgIpc) is 2.64. The zero-order valence-corrected chi connectivity index (χ0v) is 22.4. The van der Waals surface area contributed by atoms with Crippen LogP contribution in [0.15, 0.2) is 0 Å². The number of methoxy groups -OCH3 is 1. The van der Waals surface area contributed by atoms with Gasteiger partial charge in [0.15, 0.2) is 16.6 Å². The van der Waals surface area contributed by atoms with Crippen LogP contribution in [0.1, 0.15) is 55.4 Å². The second-order valence-electron chi connectivity index (χ2n) is 9.64. The smallest absolute Gasteiger partial charge is 0.227 e. The third kappa shape index (κ3) is 7.90. The fourth-order valence-corrected chi connectivity index (χ4v) is 7.34. The van der Waals surface area contributed by atoms with Gasteiger partial charge in [-0.3, -0.25) is 4.79 Å². The number of ether oxygens (including phenoxy) is 1. The SMILES string of the molecule is CC[Si](CC)(CC)OC[C@H](C)[C@H](O[Si](C)(C)C(C)(C)C)[C@@H](C)C(=O)NCOC. The maximum absolute atomic E-state index is 12.7. The van der Waals surface area contributed by atoms with Crippen molar-refractivity contribution in [3.63, 3.8) is 0 Å². The van der Waals surface area contributed by atoms with E-state index in [4.69, 9.17) is 13.6 Å². The normalized spacial score (nSPS) is 16.5. The van der Waals surface area contributed by atoms with Gasteiger partial charge < -0.3 is 18.9 Å². The zero-order chi connectivity index (χ0) is 22.2. The van der Waals surface area contributed by atoms with Gasteiger partial charge in [-0.2, -0.15) is 0 Å². The first-order valence-corrected chi connectivity index (χ1v) is 16.3. The second-order valence-corrected chi connectivity index (χ2v) is 19.2. The highest BCUT2D eigenvalue weighted by molar-refractivity contribution is 6.74. The van der Waals surface area contributed by atoms with Crippen molar-refractivity contribution in [2.24, 2.45) is 11.8 Å². The molecule has 0 saturated heterocycles. The molecule has 0 heterocycles. The minimum absolute atomic E-state index is 0.0256. The van der Waals surface area contributed by atoms with Crippen LogP contribution in [0.3, 0.4) is 0 Å². The zero-order valence-electron chi connectivity index (χ0n) is 20.4. The number of hydrogen-bond donors (Lipinski definition) is 1. The molecule has 1 amide bonds. The van der Waals surface area contributed by atoms with Gasteiger partial charge in [0.25, 0.3) is 0 Å². The molecule has 0 aliphatic heterocycles. The van der Waals surface area contributed by atoms with Crippen LogP contribution in [0.5, 0.6) is 0 Å². The molecule has 0 rings (SSSR count). The highest BCUT2D eigenvalue weighted by atomic mass is 28.4. The molecule has 0 aromatic heterocycles. The number of nitrogens with one attached hydrogen (secondary N) is 1. The van der Waals surface area contributed by atoms with Crippen molar-refractivity contribution < 1.29 is 18.4 Å². The van der Waals surface area contributed by atoms with Gasteiger partial charge in [-0.15, -0.1) is 0 Å². The Kier molecular flexibility index (Phi) is 11.7. The third-order valence-electron chi connectivity index (χ3n) is 6.68. The van der Waals surface area contributed by atoms with E-state index < -0.39 is 16.6 Å². The van der Waals surface area contributed by atoms with Crippen LogP contribution in [-0.2, 0) is 18.4 Å². The van der Waals surface area contributed by atoms with Crippen LogP contribution in [0.2, 0.25) is 36.3 Å². The van der Waals surface area contributed by atoms with E-state index in [1.807, 2.05) is 6.92 Å². The maximum Gasteiger partial charge on any atom is 0.227 e. The van der Waals surface area contributed by atoms with Crippen molar-refractivity contribution >= 4 is 22.5 Å². The van der Waals surface area contributed by atoms with Crippen molar-refractivity contribution in [1.29, 1.82) is 0 Å². The Bertz CT molecular complexity index is 454. The summed E-state index contributed by atoms with van der Waals surface area (Å²) in [4.78, 5) is 12.7. The summed E-state index contributed by atoms with van der Waals surface area (Å²) in [6.07, 6.45) is -0.171. The van der Waals surface area contributed by atoms with Crippen molar-refractivity contribution in [2.45, 2.75) is 97.8 Å². The monoisotopic (exact) mass is 433 g/mol. The van der Waals surface area contributed by atoms with E-state index in [0.717, 1.165) is 18.1 Å². The summed E-state index contributed by atoms with van der Waals surface area (Å²) < 4.78 is 18.3. The summed E-state index contributed by atoms with van der Waals surface area (Å²) >= 11 is 0. The van der Waals surface area contributed by atoms with Crippen LogP contribution in [-0.4, -0.2) is 49.1 Å². The summed E-state index contributed by atoms with van der Waals surface area (Å²) in [7, 11) is -2.12. The molecule has 1 N–H and O–H groups in total. The molecule has 0 fully saturated rings. The van der Waals surface area contributed by atoms with Crippen LogP contribution in [0.25, 0.3) is 0 Å². The molecule has 0 aromatic carbocycles. The van der Waals surface area contributed by atoms with Crippen LogP contribution >= 0.6 is 0 Å². The van der Waals surface area contributed by atoms with Gasteiger partial charge in [0.05, 0.1) is 12.0 Å². The van der Waals surface area contributed by atoms with E-state index in [-0.39, 0.29) is 35.6 Å². The highest BCUT2D eigenvalue weighted by Crippen LogP contribution is 2.39. The lowest BCUT2D eigenvalue weighted by atomic mass is 9.93. The molecule has 168 valence electrons. The summed E-state index contributed by atoms with van der Waals surface area (Å²) in [6.45, 7) is 22.9. The summed E-state index contributed by atoms with van der Waals surface area (Å²) in [5.41, 5.74) is 0. The lowest BCUT2D eigenvalue weighted by molar-refractivity contribution is -0.130. The lowest BCUT2D eigenvalue weighted by Gasteiger charge is -2.43. The van der Waals surface area contributed by atoms with E-state index in [1.165, 1.54) is 0 Å². The molecule has 0 unspecified atom stereocenters. The first kappa shape index (κ1) is 27.8. The molecule has 0 saturated carbocycles. The van der Waals surface area contributed by atoms with E-state index in [1.54, 1.807) is 7.11 Å². The van der Waals surface area contributed by atoms with E-state index in [9.17, 15) is 4.79 Å². The predicted octanol–water partition coefficient (Wildman–Crippen LogP) is 5.39. The predicted molar refractivity (Wildman–Crippen MR) is 124 cm³/mol. The van der Waals surface area contributed by atoms with Gasteiger partial charge >= 0.3 is 0 Å². The molecule has 3 atom stereocenters. The maximum atomic E-state index is 12.7. The van der Waals surface area contributed by atoms with E-state index in [0.29, 0.717) is 6.61 Å². The summed E-state index contributed by atoms with van der Waals surface area (Å²) in [5.74, 6) is -0.139. The second kappa shape index (κ2) is 11.8. The fourth-order valence-electron chi connectivity index (χ4n) is 3.14. The molecular formula is C21H47NO4Si2. The van der Waals surface area contributed by atoms with Gasteiger partial charge in [-0.25, -0.2) is 0 Å². The van der Waals surface area contributed by atoms with Crippen LogP contribution in [0.4, 0.5) is 0 Å². The number of hydrogen-bond acceptors (Lipinski definition) is 4. The van der Waals surface area contributed by atoms with Crippen molar-refractivity contribution in [2.75, 3.05) is 20.4 Å². The molecule has 0 spiro atoms. The van der Waals surface area contributed by atoms with Gasteiger partial charge in [-0.1, -0.05) is 55.4 Å². The molecule has 0 bridgehead atoms. The first-order chi connectivity index (χ1) is 12.8. The molecule has 0 aliphatic carbocycles. The lowest BCUT2D eigenvalue weighted by Crippen LogP contribution is -2.51. The molecule has 0 aliphatic rings. The Balaban J connectivity index is 5.49. The van der Waals surface area contributed by atoms with E-state index >= 15 is 0 Å². The largest absolute Gasteiger partial charge is 0.416 e. The average molecular weight is 434 g/mol. The van der Waals surface area contributed by atoms with Gasteiger partial charge in [-0.05, 0) is 36.3 Å². The Morgan fingerprint density at radius 3 is 1.93 bits per heavy atom. The molecule has 0 radical (unpaired) electrons. The molecule has 28 heavy (non-hydrogen) atoms. The topological polar surface area (TPSA) is 56.8 Å². The van der Waals surface area contributed by atoms with Crippen LogP contribution in [0, 0.1) is 11.8 Å². The first-order valence-electron chi connectivity index (χ1n) is 10.9. The number of amides is 1. The minimum atomic E-state index is -2.03. The number of carbonyl (C=O) groups is 1. The molecular weight excluding hydrogens is 386 g/mol. The summed E-state index contributed by atoms with van der Waals surface area (Å²) in [5, 5.41) is 2.93. The van der Waals surface area contributed by atoms with Crippen molar-refractivity contribution in [1.82, 2.24) is 5.32 Å². The quantitative estimate of drug-likeness (QED) is 0.312. The number of rotatable bonds is 13. The van der Waals surface area contributed by atoms with E-state index in [2.05, 4.69) is 66.9 Å². The third-order valence-corrected chi connectivity index (χ3v) is 15.8. The Morgan fingerprint density at radius 2 is 1.54 bits per heavy atom. The van der Waals surface area contributed by atoms with Gasteiger partial charge in [0.2, 0.25) is 5.91 Å². The Morgan fingerprint density at radius 1 is 1.04 bits per heavy atom. The Hall–Kier alpha value is -0.216. The minimum Gasteiger partial charge on any atom is -0.416 e. The fraction of sp³-hybridized carbons (Fsp3) is 0.952. The highest BCUT2D eigenvalue weighted by Gasteiger charge is 2.43. The standard InChI is InChI=1S/C21H47NO4Si2/c1-12-28(13-2,14-3)25-15-17(4)19(18(5)20(23)22-16-24-9)26-27(10,11)21(6,7)8/h17-19H,12-16H2,1-11H3,(H,22,23)/t17-,18+,19-/m0/s1. The molecule has 5 nitrogen and oxygen atoms in total. The van der Waals surface area contributed by atoms with Crippen molar-refractivity contribution in [3.05, 3.63) is 0 Å². The number of carbonyl (C=O) groups excluding carboxylic acids is 1. The molecule has 7 heteroatoms. The van der Waals surface area contributed by atoms with Gasteiger partial charge in [0.1, 0.15) is 6.73 Å². The summed E-state index contributed by atoms with van der Waals surface area (Å²) in [6, 6.07) is 3.39.